The molecule has 0 aliphatic carbocycles. The molecule has 0 atom stereocenters. The summed E-state index contributed by atoms with van der Waals surface area (Å²) < 4.78 is 5.77. The van der Waals surface area contributed by atoms with Crippen molar-refractivity contribution in [1.29, 1.82) is 0 Å². The molecule has 1 fully saturated rings. The lowest BCUT2D eigenvalue weighted by molar-refractivity contribution is -0.123. The summed E-state index contributed by atoms with van der Waals surface area (Å²) in [6.45, 7) is 0.265. The Balaban J connectivity index is 1.50. The first-order valence-electron chi connectivity index (χ1n) is 9.77. The number of thioether (sulfide) groups is 1. The molecule has 1 heterocycles. The molecule has 0 radical (unpaired) electrons. The second-order valence-electron chi connectivity index (χ2n) is 7.24. The molecule has 0 unspecified atom stereocenters. The molecule has 3 aromatic rings. The zero-order chi connectivity index (χ0) is 24.4. The normalized spacial score (nSPS) is 14.9. The monoisotopic (exact) mass is 571 g/mol. The van der Waals surface area contributed by atoms with E-state index in [1.54, 1.807) is 60.7 Å². The molecule has 174 valence electrons. The van der Waals surface area contributed by atoms with Crippen LogP contribution in [0.4, 0.5) is 4.79 Å². The third kappa shape index (κ3) is 5.85. The van der Waals surface area contributed by atoms with Gasteiger partial charge in [0.2, 0.25) is 0 Å². The fraction of sp³-hybridized carbons (Fsp3) is 0.0833. The molecular weight excluding hydrogens is 560 g/mol. The maximum absolute atomic E-state index is 12.8. The predicted octanol–water partition coefficient (Wildman–Crippen LogP) is 8.77. The SMILES string of the molecule is O=C1S/C(=C\c2cc(Cl)c(OCc3ccc(Cl)cc3Cl)c(Cl)c2)C(=O)N1Cc1cccc(Cl)c1. The molecule has 0 N–H and O–H groups in total. The van der Waals surface area contributed by atoms with Gasteiger partial charge in [-0.3, -0.25) is 14.5 Å². The van der Waals surface area contributed by atoms with Gasteiger partial charge in [-0.2, -0.15) is 0 Å². The molecule has 10 heteroatoms. The Kier molecular flexibility index (Phi) is 8.03. The molecule has 1 aliphatic rings. The van der Waals surface area contributed by atoms with Crippen LogP contribution >= 0.6 is 69.8 Å². The largest absolute Gasteiger partial charge is 0.486 e. The van der Waals surface area contributed by atoms with E-state index in [0.717, 1.165) is 22.9 Å². The lowest BCUT2D eigenvalue weighted by Gasteiger charge is -2.13. The van der Waals surface area contributed by atoms with Crippen LogP contribution in [-0.2, 0) is 17.9 Å². The molecule has 3 aromatic carbocycles. The van der Waals surface area contributed by atoms with Crippen molar-refractivity contribution in [3.05, 3.63) is 101 Å². The van der Waals surface area contributed by atoms with Crippen LogP contribution in [0.2, 0.25) is 25.1 Å². The van der Waals surface area contributed by atoms with Crippen molar-refractivity contribution < 1.29 is 14.3 Å². The Morgan fingerprint density at radius 2 is 1.56 bits per heavy atom. The number of benzene rings is 3. The summed E-state index contributed by atoms with van der Waals surface area (Å²) in [5, 5.41) is 1.65. The van der Waals surface area contributed by atoms with Crippen LogP contribution in [0.15, 0.2) is 59.5 Å². The highest BCUT2D eigenvalue weighted by Gasteiger charge is 2.35. The number of hydrogen-bond acceptors (Lipinski definition) is 4. The maximum Gasteiger partial charge on any atom is 0.293 e. The molecule has 0 spiro atoms. The van der Waals surface area contributed by atoms with Gasteiger partial charge in [0, 0.05) is 20.6 Å². The van der Waals surface area contributed by atoms with Gasteiger partial charge in [0.1, 0.15) is 6.61 Å². The standard InChI is InChI=1S/C24H14Cl5NO3S/c25-16-3-1-2-13(6-16)11-30-23(31)21(34-24(30)32)9-14-7-19(28)22(20(29)8-14)33-12-15-4-5-17(26)10-18(15)27/h1-10H,11-12H2/b21-9-. The molecule has 0 bridgehead atoms. The fourth-order valence-corrected chi connectivity index (χ4v) is 5.32. The Morgan fingerprint density at radius 1 is 0.853 bits per heavy atom. The van der Waals surface area contributed by atoms with Gasteiger partial charge in [-0.15, -0.1) is 0 Å². The van der Waals surface area contributed by atoms with Crippen LogP contribution in [0.1, 0.15) is 16.7 Å². The van der Waals surface area contributed by atoms with Crippen molar-refractivity contribution in [3.63, 3.8) is 0 Å². The van der Waals surface area contributed by atoms with Crippen LogP contribution in [0, 0.1) is 0 Å². The van der Waals surface area contributed by atoms with E-state index in [4.69, 9.17) is 62.7 Å². The van der Waals surface area contributed by atoms with Crippen LogP contribution < -0.4 is 4.74 Å². The van der Waals surface area contributed by atoms with E-state index in [9.17, 15) is 9.59 Å². The second-order valence-corrected chi connectivity index (χ2v) is 10.3. The van der Waals surface area contributed by atoms with Crippen LogP contribution in [0.5, 0.6) is 5.75 Å². The maximum atomic E-state index is 12.8. The van der Waals surface area contributed by atoms with Gasteiger partial charge in [0.15, 0.2) is 5.75 Å². The summed E-state index contributed by atoms with van der Waals surface area (Å²) in [6, 6.07) is 15.3. The molecule has 4 rings (SSSR count). The lowest BCUT2D eigenvalue weighted by Crippen LogP contribution is -2.27. The lowest BCUT2D eigenvalue weighted by atomic mass is 10.2. The number of ether oxygens (including phenoxy) is 1. The number of imide groups is 1. The number of nitrogens with zero attached hydrogens (tertiary/aromatic N) is 1. The van der Waals surface area contributed by atoms with Gasteiger partial charge >= 0.3 is 0 Å². The van der Waals surface area contributed by atoms with Crippen LogP contribution in [-0.4, -0.2) is 16.0 Å². The Hall–Kier alpha value is -1.86. The van der Waals surface area contributed by atoms with Gasteiger partial charge < -0.3 is 4.74 Å². The number of amides is 2. The molecule has 4 nitrogen and oxygen atoms in total. The summed E-state index contributed by atoms with van der Waals surface area (Å²) in [6.07, 6.45) is 1.57. The number of carbonyl (C=O) groups excluding carboxylic acids is 2. The van der Waals surface area contributed by atoms with Gasteiger partial charge in [-0.25, -0.2) is 0 Å². The van der Waals surface area contributed by atoms with Gasteiger partial charge in [0.05, 0.1) is 21.5 Å². The smallest absolute Gasteiger partial charge is 0.293 e. The summed E-state index contributed by atoms with van der Waals surface area (Å²) in [5.74, 6) is -0.125. The average molecular weight is 574 g/mol. The Bertz CT molecular complexity index is 1300. The van der Waals surface area contributed by atoms with Crippen LogP contribution in [0.3, 0.4) is 0 Å². The van der Waals surface area contributed by atoms with Crippen molar-refractivity contribution in [3.8, 4) is 5.75 Å². The summed E-state index contributed by atoms with van der Waals surface area (Å²) in [5.41, 5.74) is 2.03. The van der Waals surface area contributed by atoms with E-state index in [1.165, 1.54) is 4.90 Å². The van der Waals surface area contributed by atoms with E-state index < -0.39 is 5.91 Å². The highest BCUT2D eigenvalue weighted by molar-refractivity contribution is 8.18. The van der Waals surface area contributed by atoms with E-state index in [1.807, 2.05) is 0 Å². The summed E-state index contributed by atoms with van der Waals surface area (Å²) >= 11 is 31.7. The zero-order valence-corrected chi connectivity index (χ0v) is 21.8. The molecule has 1 aliphatic heterocycles. The zero-order valence-electron chi connectivity index (χ0n) is 17.2. The quantitative estimate of drug-likeness (QED) is 0.277. The van der Waals surface area contributed by atoms with Crippen LogP contribution in [0.25, 0.3) is 6.08 Å². The molecule has 0 aromatic heterocycles. The molecule has 2 amide bonds. The van der Waals surface area contributed by atoms with E-state index >= 15 is 0 Å². The minimum atomic E-state index is -0.403. The van der Waals surface area contributed by atoms with Crippen molar-refractivity contribution in [2.24, 2.45) is 0 Å². The first-order valence-corrected chi connectivity index (χ1v) is 12.5. The van der Waals surface area contributed by atoms with Gasteiger partial charge in [-0.05, 0) is 65.4 Å². The van der Waals surface area contributed by atoms with Crippen molar-refractivity contribution >= 4 is 87.0 Å². The third-order valence-corrected chi connectivity index (χ3v) is 7.10. The van der Waals surface area contributed by atoms with Gasteiger partial charge in [-0.1, -0.05) is 76.2 Å². The Morgan fingerprint density at radius 3 is 2.24 bits per heavy atom. The van der Waals surface area contributed by atoms with Gasteiger partial charge in [0.25, 0.3) is 11.1 Å². The molecular formula is C24H14Cl5NO3S. The predicted molar refractivity (Wildman–Crippen MR) is 140 cm³/mol. The minimum absolute atomic E-state index is 0.129. The molecule has 0 saturated carbocycles. The fourth-order valence-electron chi connectivity index (χ4n) is 3.19. The number of halogens is 5. The summed E-state index contributed by atoms with van der Waals surface area (Å²) in [7, 11) is 0. The number of rotatable bonds is 6. The number of carbonyl (C=O) groups is 2. The molecule has 1 saturated heterocycles. The average Bonchev–Trinajstić information content (AvgIpc) is 3.02. The number of hydrogen-bond donors (Lipinski definition) is 0. The topological polar surface area (TPSA) is 46.6 Å². The highest BCUT2D eigenvalue weighted by Crippen LogP contribution is 2.38. The Labute approximate surface area is 225 Å². The molecule has 34 heavy (non-hydrogen) atoms. The first-order chi connectivity index (χ1) is 16.2. The highest BCUT2D eigenvalue weighted by atomic mass is 35.5. The minimum Gasteiger partial charge on any atom is -0.486 e. The van der Waals surface area contributed by atoms with Crippen molar-refractivity contribution in [2.45, 2.75) is 13.2 Å². The van der Waals surface area contributed by atoms with Crippen molar-refractivity contribution in [2.75, 3.05) is 0 Å². The van der Waals surface area contributed by atoms with E-state index in [2.05, 4.69) is 0 Å². The second kappa shape index (κ2) is 10.8. The third-order valence-electron chi connectivity index (χ3n) is 4.81. The first kappa shape index (κ1) is 25.2. The van der Waals surface area contributed by atoms with E-state index in [-0.39, 0.29) is 39.1 Å². The summed E-state index contributed by atoms with van der Waals surface area (Å²) in [4.78, 5) is 26.7. The van der Waals surface area contributed by atoms with Crippen molar-refractivity contribution in [1.82, 2.24) is 4.90 Å². The van der Waals surface area contributed by atoms with E-state index in [0.29, 0.717) is 20.6 Å².